The van der Waals surface area contributed by atoms with E-state index in [1.165, 1.54) is 0 Å². The summed E-state index contributed by atoms with van der Waals surface area (Å²) in [7, 11) is 1.72. The Hall–Kier alpha value is -4.03. The number of carbonyl (C=O) groups is 3. The largest absolute Gasteiger partial charge is 0.466 e. The summed E-state index contributed by atoms with van der Waals surface area (Å²) in [5.41, 5.74) is 10.3. The number of amides is 1. The van der Waals surface area contributed by atoms with Gasteiger partial charge < -0.3 is 15.4 Å². The SMILES string of the molecule is CCOC(=O)C1(Cc2ccccc2)CCC(C(=O)[C@@H](Cc2ccc(-c3ccccc3)cc2)N(C)C(=O)/C=C(\C)CC(C)(C)N)CC1. The third-order valence-electron chi connectivity index (χ3n) is 9.18. The Labute approximate surface area is 275 Å². The molecule has 0 bridgehead atoms. The Kier molecular flexibility index (Phi) is 11.7. The van der Waals surface area contributed by atoms with E-state index in [1.807, 2.05) is 88.4 Å². The molecule has 1 aliphatic carbocycles. The van der Waals surface area contributed by atoms with Crippen molar-refractivity contribution in [2.45, 2.75) is 84.2 Å². The van der Waals surface area contributed by atoms with Crippen LogP contribution in [-0.4, -0.2) is 47.8 Å². The first-order valence-corrected chi connectivity index (χ1v) is 16.5. The number of hydrogen-bond acceptors (Lipinski definition) is 5. The maximum absolute atomic E-state index is 14.4. The maximum Gasteiger partial charge on any atom is 0.312 e. The number of carbonyl (C=O) groups excluding carboxylic acids is 3. The van der Waals surface area contributed by atoms with Gasteiger partial charge in [0.15, 0.2) is 5.78 Å². The molecule has 2 N–H and O–H groups in total. The number of esters is 1. The lowest BCUT2D eigenvalue weighted by molar-refractivity contribution is -0.159. The van der Waals surface area contributed by atoms with Crippen molar-refractivity contribution in [1.29, 1.82) is 0 Å². The lowest BCUT2D eigenvalue weighted by Gasteiger charge is -2.39. The summed E-state index contributed by atoms with van der Waals surface area (Å²) in [4.78, 5) is 42.9. The molecule has 6 nitrogen and oxygen atoms in total. The van der Waals surface area contributed by atoms with Gasteiger partial charge in [-0.1, -0.05) is 90.5 Å². The zero-order valence-corrected chi connectivity index (χ0v) is 28.1. The van der Waals surface area contributed by atoms with Gasteiger partial charge in [0.1, 0.15) is 0 Å². The highest BCUT2D eigenvalue weighted by atomic mass is 16.5. The van der Waals surface area contributed by atoms with Crippen molar-refractivity contribution in [3.05, 3.63) is 108 Å². The molecule has 1 fully saturated rings. The average Bonchev–Trinajstić information content (AvgIpc) is 3.03. The van der Waals surface area contributed by atoms with Gasteiger partial charge in [-0.15, -0.1) is 0 Å². The van der Waals surface area contributed by atoms with Crippen LogP contribution in [0.3, 0.4) is 0 Å². The summed E-state index contributed by atoms with van der Waals surface area (Å²) >= 11 is 0. The Balaban J connectivity index is 1.57. The van der Waals surface area contributed by atoms with Crippen molar-refractivity contribution in [3.63, 3.8) is 0 Å². The third-order valence-corrected chi connectivity index (χ3v) is 9.18. The zero-order chi connectivity index (χ0) is 33.3. The molecule has 4 rings (SSSR count). The topological polar surface area (TPSA) is 89.7 Å². The van der Waals surface area contributed by atoms with Gasteiger partial charge >= 0.3 is 5.97 Å². The van der Waals surface area contributed by atoms with Crippen molar-refractivity contribution in [2.75, 3.05) is 13.7 Å². The number of benzene rings is 3. The van der Waals surface area contributed by atoms with E-state index < -0.39 is 17.0 Å². The van der Waals surface area contributed by atoms with Gasteiger partial charge in [-0.05, 0) is 94.9 Å². The quantitative estimate of drug-likeness (QED) is 0.159. The fraction of sp³-hybridized carbons (Fsp3) is 0.425. The Morgan fingerprint density at radius 1 is 0.913 bits per heavy atom. The fourth-order valence-corrected chi connectivity index (χ4v) is 6.80. The lowest BCUT2D eigenvalue weighted by atomic mass is 9.66. The summed E-state index contributed by atoms with van der Waals surface area (Å²) in [6.07, 6.45) is 5.47. The molecule has 0 spiro atoms. The van der Waals surface area contributed by atoms with Crippen LogP contribution < -0.4 is 5.73 Å². The molecule has 1 aliphatic rings. The standard InChI is InChI=1S/C40H50N2O4/c1-6-46-38(45)40(28-31-13-9-7-10-14-31)23-21-34(22-24-40)37(44)35(42(5)36(43)25-29(2)27-39(3,4)41)26-30-17-19-33(20-18-30)32-15-11-8-12-16-32/h7-20,25,34-35H,6,21-24,26-28,41H2,1-5H3/b29-25+/t34?,35-,40?/m1/s1. The summed E-state index contributed by atoms with van der Waals surface area (Å²) in [6.45, 7) is 7.92. The molecule has 0 aromatic heterocycles. The van der Waals surface area contributed by atoms with E-state index in [0.29, 0.717) is 51.6 Å². The number of likely N-dealkylation sites (N-methyl/N-ethyl adjacent to an activating group) is 1. The predicted molar refractivity (Wildman–Crippen MR) is 185 cm³/mol. The van der Waals surface area contributed by atoms with Crippen LogP contribution in [0.2, 0.25) is 0 Å². The third kappa shape index (κ3) is 9.26. The minimum absolute atomic E-state index is 0.0466. The van der Waals surface area contributed by atoms with Crippen LogP contribution in [-0.2, 0) is 32.0 Å². The van der Waals surface area contributed by atoms with Gasteiger partial charge in [-0.3, -0.25) is 14.4 Å². The van der Waals surface area contributed by atoms with E-state index in [2.05, 4.69) is 24.3 Å². The smallest absolute Gasteiger partial charge is 0.312 e. The highest BCUT2D eigenvalue weighted by Crippen LogP contribution is 2.43. The predicted octanol–water partition coefficient (Wildman–Crippen LogP) is 7.35. The van der Waals surface area contributed by atoms with Crippen molar-refractivity contribution in [3.8, 4) is 11.1 Å². The molecule has 3 aromatic rings. The van der Waals surface area contributed by atoms with Crippen LogP contribution in [0.25, 0.3) is 11.1 Å². The molecule has 0 saturated heterocycles. The van der Waals surface area contributed by atoms with Crippen LogP contribution in [0, 0.1) is 11.3 Å². The molecule has 0 unspecified atom stereocenters. The minimum atomic E-state index is -0.659. The van der Waals surface area contributed by atoms with Crippen LogP contribution >= 0.6 is 0 Å². The Bertz CT molecular complexity index is 1480. The van der Waals surface area contributed by atoms with Crippen molar-refractivity contribution in [1.82, 2.24) is 4.90 Å². The molecule has 1 atom stereocenters. The molecular weight excluding hydrogens is 572 g/mol. The number of Topliss-reactive ketones (excluding diaryl/α,β-unsaturated/α-hetero) is 1. The summed E-state index contributed by atoms with van der Waals surface area (Å²) in [5, 5.41) is 0. The summed E-state index contributed by atoms with van der Waals surface area (Å²) in [5.74, 6) is -0.599. The monoisotopic (exact) mass is 622 g/mol. The van der Waals surface area contributed by atoms with Crippen molar-refractivity contribution >= 4 is 17.7 Å². The minimum Gasteiger partial charge on any atom is -0.466 e. The van der Waals surface area contributed by atoms with Crippen LogP contribution in [0.4, 0.5) is 0 Å². The molecule has 244 valence electrons. The van der Waals surface area contributed by atoms with Crippen LogP contribution in [0.15, 0.2) is 96.6 Å². The van der Waals surface area contributed by atoms with E-state index in [9.17, 15) is 14.4 Å². The van der Waals surface area contributed by atoms with Gasteiger partial charge in [0.05, 0.1) is 18.1 Å². The van der Waals surface area contributed by atoms with Crippen LogP contribution in [0.5, 0.6) is 0 Å². The molecule has 1 saturated carbocycles. The summed E-state index contributed by atoms with van der Waals surface area (Å²) < 4.78 is 5.57. The van der Waals surface area contributed by atoms with Crippen molar-refractivity contribution in [2.24, 2.45) is 17.1 Å². The summed E-state index contributed by atoms with van der Waals surface area (Å²) in [6, 6.07) is 27.8. The molecule has 0 aliphatic heterocycles. The molecule has 6 heteroatoms. The molecule has 46 heavy (non-hydrogen) atoms. The average molecular weight is 623 g/mol. The van der Waals surface area contributed by atoms with Crippen molar-refractivity contribution < 1.29 is 19.1 Å². The molecule has 0 heterocycles. The lowest BCUT2D eigenvalue weighted by Crippen LogP contribution is -2.48. The first kappa shape index (κ1) is 34.8. The fourth-order valence-electron chi connectivity index (χ4n) is 6.80. The van der Waals surface area contributed by atoms with Gasteiger partial charge in [-0.2, -0.15) is 0 Å². The molecule has 0 radical (unpaired) electrons. The highest BCUT2D eigenvalue weighted by molar-refractivity contribution is 5.95. The Morgan fingerprint density at radius 2 is 1.48 bits per heavy atom. The second-order valence-corrected chi connectivity index (χ2v) is 13.7. The molecule has 1 amide bonds. The number of hydrogen-bond donors (Lipinski definition) is 1. The second-order valence-electron chi connectivity index (χ2n) is 13.7. The van der Waals surface area contributed by atoms with E-state index in [0.717, 1.165) is 27.8 Å². The van der Waals surface area contributed by atoms with Crippen LogP contribution in [0.1, 0.15) is 70.9 Å². The van der Waals surface area contributed by atoms with Gasteiger partial charge in [0.25, 0.3) is 0 Å². The highest BCUT2D eigenvalue weighted by Gasteiger charge is 2.45. The van der Waals surface area contributed by atoms with E-state index in [1.54, 1.807) is 18.0 Å². The first-order valence-electron chi connectivity index (χ1n) is 16.5. The first-order chi connectivity index (χ1) is 21.9. The van der Waals surface area contributed by atoms with Gasteiger partial charge in [0, 0.05) is 24.6 Å². The number of ether oxygens (including phenoxy) is 1. The number of ketones is 1. The zero-order valence-electron chi connectivity index (χ0n) is 28.1. The number of nitrogens with two attached hydrogens (primary N) is 1. The van der Waals surface area contributed by atoms with E-state index in [4.69, 9.17) is 10.5 Å². The second kappa shape index (κ2) is 15.5. The maximum atomic E-state index is 14.4. The number of nitrogens with zero attached hydrogens (tertiary/aromatic N) is 1. The number of rotatable bonds is 13. The molecule has 3 aromatic carbocycles. The van der Waals surface area contributed by atoms with Gasteiger partial charge in [0.2, 0.25) is 5.91 Å². The van der Waals surface area contributed by atoms with Gasteiger partial charge in [-0.25, -0.2) is 0 Å². The van der Waals surface area contributed by atoms with E-state index in [-0.39, 0.29) is 23.6 Å². The normalized spacial score (nSPS) is 19.3. The van der Waals surface area contributed by atoms with E-state index >= 15 is 0 Å². The molecular formula is C40H50N2O4. The Morgan fingerprint density at radius 3 is 2.04 bits per heavy atom.